The Hall–Kier alpha value is -7.42. The van der Waals surface area contributed by atoms with Crippen LogP contribution in [-0.2, 0) is 32.1 Å². The normalized spacial score (nSPS) is 17.3. The predicted molar refractivity (Wildman–Crippen MR) is 249 cm³/mol. The van der Waals surface area contributed by atoms with Crippen molar-refractivity contribution in [3.8, 4) is 39.4 Å². The zero-order valence-corrected chi connectivity index (χ0v) is 37.7. The highest BCUT2D eigenvalue weighted by molar-refractivity contribution is 5.88. The van der Waals surface area contributed by atoms with Gasteiger partial charge in [-0.2, -0.15) is 0 Å². The molecule has 0 spiro atoms. The fourth-order valence-corrected chi connectivity index (χ4v) is 8.80. The van der Waals surface area contributed by atoms with Crippen LogP contribution in [0.1, 0.15) is 81.3 Å². The number of methoxy groups -OCH3 is 1. The number of H-pyrrole nitrogens is 2. The number of primary amides is 1. The summed E-state index contributed by atoms with van der Waals surface area (Å²) in [4.78, 5) is 71.9. The minimum atomic E-state index is -1.38. The van der Waals surface area contributed by atoms with Crippen molar-refractivity contribution in [1.29, 1.82) is 0 Å². The van der Waals surface area contributed by atoms with Crippen LogP contribution < -0.4 is 15.8 Å². The van der Waals surface area contributed by atoms with Crippen LogP contribution in [0.5, 0.6) is 5.75 Å². The maximum absolute atomic E-state index is 14.2. The number of carbonyl (C=O) groups is 4. The molecule has 4 aromatic carbocycles. The molecule has 8 rings (SSSR count). The summed E-state index contributed by atoms with van der Waals surface area (Å²) in [6.07, 6.45) is 5.26. The summed E-state index contributed by atoms with van der Waals surface area (Å²) in [5.41, 5.74) is 11.5. The van der Waals surface area contributed by atoms with Gasteiger partial charge in [0.1, 0.15) is 30.0 Å². The van der Waals surface area contributed by atoms with Crippen LogP contribution in [0.4, 0.5) is 9.59 Å². The van der Waals surface area contributed by atoms with E-state index < -0.39 is 23.8 Å². The van der Waals surface area contributed by atoms with Crippen LogP contribution >= 0.6 is 0 Å². The molecular formula is C51H56N8O7. The van der Waals surface area contributed by atoms with Crippen molar-refractivity contribution >= 4 is 24.0 Å². The number of likely N-dealkylation sites (tertiary alicyclic amines) is 2. The average molecular weight is 893 g/mol. The number of ether oxygens (including phenoxy) is 3. The number of imidazole rings is 2. The second-order valence-corrected chi connectivity index (χ2v) is 17.4. The summed E-state index contributed by atoms with van der Waals surface area (Å²) in [6.45, 7) is 6.79. The quantitative estimate of drug-likeness (QED) is 0.0781. The van der Waals surface area contributed by atoms with Crippen molar-refractivity contribution in [2.24, 2.45) is 11.7 Å². The Kier molecular flexibility index (Phi) is 13.5. The Bertz CT molecular complexity index is 2630. The molecule has 0 bridgehead atoms. The molecule has 4 atom stereocenters. The van der Waals surface area contributed by atoms with Gasteiger partial charge in [0.25, 0.3) is 5.91 Å². The Morgan fingerprint density at radius 1 is 0.742 bits per heavy atom. The highest BCUT2D eigenvalue weighted by Crippen LogP contribution is 2.37. The number of aromatic nitrogens is 4. The van der Waals surface area contributed by atoms with Crippen molar-refractivity contribution in [3.05, 3.63) is 138 Å². The van der Waals surface area contributed by atoms with E-state index in [-0.39, 0.29) is 36.2 Å². The van der Waals surface area contributed by atoms with Gasteiger partial charge in [-0.25, -0.2) is 19.6 Å². The number of alkyl carbamates (subject to hydrolysis) is 1. The van der Waals surface area contributed by atoms with Crippen molar-refractivity contribution in [1.82, 2.24) is 35.1 Å². The first-order valence-corrected chi connectivity index (χ1v) is 22.4. The van der Waals surface area contributed by atoms with E-state index in [9.17, 15) is 19.2 Å². The van der Waals surface area contributed by atoms with Crippen LogP contribution in [-0.4, -0.2) is 85.6 Å². The largest absolute Gasteiger partial charge is 0.489 e. The SMILES string of the molecule is COC(=O)N[C@@H](Cc1ccc(OCc2ccccc2)cc1)C(=O)N1CCC[C@H]1c1ncc(-c2ccc(-c3ccc(-c4cnc([C@@H]5CCCN5C(=O)[C@@](C)(OC(N)=O)C(C)C)[nH]4)cc3)cc2)[nH]1. The van der Waals surface area contributed by atoms with E-state index in [4.69, 9.17) is 24.9 Å². The second kappa shape index (κ2) is 19.8. The summed E-state index contributed by atoms with van der Waals surface area (Å²) in [5, 5.41) is 2.77. The summed E-state index contributed by atoms with van der Waals surface area (Å²) in [6, 6.07) is 32.5. The molecule has 6 aromatic rings. The lowest BCUT2D eigenvalue weighted by Crippen LogP contribution is -2.53. The molecule has 15 nitrogen and oxygen atoms in total. The highest BCUT2D eigenvalue weighted by atomic mass is 16.6. The van der Waals surface area contributed by atoms with Gasteiger partial charge in [0.2, 0.25) is 5.91 Å². The van der Waals surface area contributed by atoms with E-state index in [1.54, 1.807) is 29.1 Å². The Balaban J connectivity index is 0.900. The van der Waals surface area contributed by atoms with E-state index in [2.05, 4.69) is 44.5 Å². The number of amides is 4. The summed E-state index contributed by atoms with van der Waals surface area (Å²) in [5.74, 6) is 1.31. The molecule has 4 amide bonds. The van der Waals surface area contributed by atoms with Gasteiger partial charge in [0, 0.05) is 25.4 Å². The number of hydrogen-bond donors (Lipinski definition) is 4. The first-order chi connectivity index (χ1) is 31.9. The first kappa shape index (κ1) is 45.2. The third-order valence-corrected chi connectivity index (χ3v) is 12.8. The average Bonchev–Trinajstić information content (AvgIpc) is 4.19. The summed E-state index contributed by atoms with van der Waals surface area (Å²) < 4.78 is 16.2. The zero-order chi connectivity index (χ0) is 46.4. The van der Waals surface area contributed by atoms with Crippen LogP contribution in [0.15, 0.2) is 116 Å². The summed E-state index contributed by atoms with van der Waals surface area (Å²) >= 11 is 0. The molecule has 0 saturated carbocycles. The third kappa shape index (κ3) is 9.94. The molecule has 0 unspecified atom stereocenters. The lowest BCUT2D eigenvalue weighted by molar-refractivity contribution is -0.155. The number of rotatable bonds is 15. The lowest BCUT2D eigenvalue weighted by Gasteiger charge is -2.36. The fourth-order valence-electron chi connectivity index (χ4n) is 8.80. The zero-order valence-electron chi connectivity index (χ0n) is 37.7. The molecule has 2 aliphatic rings. The number of hydrogen-bond acceptors (Lipinski definition) is 9. The number of nitrogens with two attached hydrogens (primary N) is 1. The van der Waals surface area contributed by atoms with Crippen molar-refractivity contribution in [3.63, 3.8) is 0 Å². The Morgan fingerprint density at radius 2 is 1.27 bits per heavy atom. The minimum Gasteiger partial charge on any atom is -0.489 e. The predicted octanol–water partition coefficient (Wildman–Crippen LogP) is 8.52. The molecule has 5 N–H and O–H groups in total. The van der Waals surface area contributed by atoms with E-state index in [1.165, 1.54) is 7.11 Å². The molecular weight excluding hydrogens is 837 g/mol. The van der Waals surface area contributed by atoms with Gasteiger partial charge in [-0.15, -0.1) is 0 Å². The van der Waals surface area contributed by atoms with Gasteiger partial charge in [0.05, 0.1) is 43.0 Å². The molecule has 2 fully saturated rings. The van der Waals surface area contributed by atoms with Crippen LogP contribution in [0, 0.1) is 5.92 Å². The molecule has 66 heavy (non-hydrogen) atoms. The number of carbonyl (C=O) groups excluding carboxylic acids is 4. The maximum Gasteiger partial charge on any atom is 0.407 e. The molecule has 15 heteroatoms. The Labute approximate surface area is 384 Å². The number of nitrogens with zero attached hydrogens (tertiary/aromatic N) is 4. The van der Waals surface area contributed by atoms with Gasteiger partial charge in [0.15, 0.2) is 5.60 Å². The van der Waals surface area contributed by atoms with Gasteiger partial charge in [-0.05, 0) is 78.1 Å². The van der Waals surface area contributed by atoms with Crippen molar-refractivity contribution in [2.75, 3.05) is 20.2 Å². The van der Waals surface area contributed by atoms with E-state index in [1.807, 2.05) is 92.7 Å². The third-order valence-electron chi connectivity index (χ3n) is 12.8. The molecule has 2 saturated heterocycles. The monoisotopic (exact) mass is 892 g/mol. The van der Waals surface area contributed by atoms with E-state index in [0.29, 0.717) is 37.1 Å². The van der Waals surface area contributed by atoms with Gasteiger partial charge >= 0.3 is 12.2 Å². The maximum atomic E-state index is 14.2. The fraction of sp³-hybridized carbons (Fsp3) is 0.333. The van der Waals surface area contributed by atoms with E-state index >= 15 is 0 Å². The molecule has 2 aromatic heterocycles. The van der Waals surface area contributed by atoms with Crippen LogP contribution in [0.3, 0.4) is 0 Å². The van der Waals surface area contributed by atoms with Gasteiger partial charge in [-0.1, -0.05) is 105 Å². The first-order valence-electron chi connectivity index (χ1n) is 22.4. The topological polar surface area (TPSA) is 198 Å². The minimum absolute atomic E-state index is 0.205. The molecule has 342 valence electrons. The smallest absolute Gasteiger partial charge is 0.407 e. The van der Waals surface area contributed by atoms with Crippen LogP contribution in [0.2, 0.25) is 0 Å². The molecule has 0 radical (unpaired) electrons. The standard InChI is InChI=1S/C51H56N8O7/c1-32(2)51(3,66-49(52)62)48(61)59-27-9-13-44(59)46-54-30-42(56-46)38-22-18-36(19-23-38)35-16-20-37(21-17-35)41-29-53-45(55-41)43-12-8-26-58(43)47(60)40(57-50(63)64-4)28-33-14-24-39(25-15-33)65-31-34-10-6-5-7-11-34/h5-7,10-11,14-25,29-30,32,40,43-44H,8-9,12-13,26-28,31H2,1-4H3,(H2,52,62)(H,53,55)(H,54,56)(H,57,63)/t40-,43-,44-,51-/m0/s1. The lowest BCUT2D eigenvalue weighted by atomic mass is 9.90. The molecule has 4 heterocycles. The second-order valence-electron chi connectivity index (χ2n) is 17.4. The highest BCUT2D eigenvalue weighted by Gasteiger charge is 2.47. The van der Waals surface area contributed by atoms with Crippen molar-refractivity contribution < 1.29 is 33.4 Å². The number of benzene rings is 4. The van der Waals surface area contributed by atoms with Gasteiger partial charge in [-0.3, -0.25) is 9.59 Å². The number of nitrogens with one attached hydrogen (secondary N) is 3. The van der Waals surface area contributed by atoms with Crippen molar-refractivity contribution in [2.45, 2.75) is 83.2 Å². The van der Waals surface area contributed by atoms with Crippen LogP contribution in [0.25, 0.3) is 33.6 Å². The molecule has 0 aliphatic carbocycles. The number of aromatic amines is 2. The van der Waals surface area contributed by atoms with E-state index in [0.717, 1.165) is 70.5 Å². The molecule has 2 aliphatic heterocycles. The van der Waals surface area contributed by atoms with Gasteiger partial charge < -0.3 is 45.0 Å². The summed E-state index contributed by atoms with van der Waals surface area (Å²) in [7, 11) is 1.28. The Morgan fingerprint density at radius 3 is 1.80 bits per heavy atom.